The van der Waals surface area contributed by atoms with Crippen molar-refractivity contribution in [1.29, 1.82) is 0 Å². The van der Waals surface area contributed by atoms with Gasteiger partial charge >= 0.3 is 5.97 Å². The number of nitrogens with zero attached hydrogens (tertiary/aromatic N) is 1. The van der Waals surface area contributed by atoms with E-state index in [9.17, 15) is 4.79 Å². The van der Waals surface area contributed by atoms with Gasteiger partial charge in [0.05, 0.1) is 5.56 Å². The molecular weight excluding hydrogens is 262 g/mol. The quantitative estimate of drug-likeness (QED) is 0.918. The van der Waals surface area contributed by atoms with Crippen molar-refractivity contribution in [3.05, 3.63) is 34.3 Å². The second kappa shape index (κ2) is 5.93. The molecule has 0 aliphatic carbocycles. The second-order valence-corrected chi connectivity index (χ2v) is 6.05. The third-order valence-corrected chi connectivity index (χ3v) is 4.30. The van der Waals surface area contributed by atoms with Crippen molar-refractivity contribution in [2.24, 2.45) is 11.8 Å². The third-order valence-electron chi connectivity index (χ3n) is 3.95. The highest BCUT2D eigenvalue weighted by molar-refractivity contribution is 6.31. The van der Waals surface area contributed by atoms with E-state index in [-0.39, 0.29) is 5.56 Å². The summed E-state index contributed by atoms with van der Waals surface area (Å²) in [6.07, 6.45) is 1.24. The highest BCUT2D eigenvalue weighted by atomic mass is 35.5. The fraction of sp³-hybridized carbons (Fsp3) is 0.533. The predicted octanol–water partition coefficient (Wildman–Crippen LogP) is 3.52. The number of carboxylic acid groups (broad SMARTS) is 1. The van der Waals surface area contributed by atoms with Gasteiger partial charge in [-0.1, -0.05) is 31.5 Å². The van der Waals surface area contributed by atoms with Crippen LogP contribution in [0, 0.1) is 11.8 Å². The summed E-state index contributed by atoms with van der Waals surface area (Å²) in [7, 11) is 0. The van der Waals surface area contributed by atoms with Gasteiger partial charge in [0.15, 0.2) is 0 Å². The van der Waals surface area contributed by atoms with Gasteiger partial charge in [-0.3, -0.25) is 4.90 Å². The first kappa shape index (κ1) is 14.4. The second-order valence-electron chi connectivity index (χ2n) is 5.64. The third kappa shape index (κ3) is 3.48. The number of rotatable bonds is 4. The number of halogens is 1. The molecule has 1 aromatic rings. The molecule has 0 radical (unpaired) electrons. The van der Waals surface area contributed by atoms with Crippen LogP contribution in [0.5, 0.6) is 0 Å². The normalized spacial score (nSPS) is 20.1. The van der Waals surface area contributed by atoms with Crippen LogP contribution in [-0.2, 0) is 6.54 Å². The molecule has 1 unspecified atom stereocenters. The molecule has 4 heteroatoms. The smallest absolute Gasteiger partial charge is 0.335 e. The van der Waals surface area contributed by atoms with E-state index in [1.807, 2.05) is 6.07 Å². The summed E-state index contributed by atoms with van der Waals surface area (Å²) in [4.78, 5) is 13.3. The van der Waals surface area contributed by atoms with Gasteiger partial charge in [-0.05, 0) is 42.5 Å². The Morgan fingerprint density at radius 3 is 2.79 bits per heavy atom. The van der Waals surface area contributed by atoms with E-state index in [4.69, 9.17) is 16.7 Å². The van der Waals surface area contributed by atoms with Gasteiger partial charge in [-0.15, -0.1) is 0 Å². The number of likely N-dealkylation sites (tertiary alicyclic amines) is 1. The van der Waals surface area contributed by atoms with Crippen molar-refractivity contribution in [1.82, 2.24) is 4.90 Å². The minimum Gasteiger partial charge on any atom is -0.478 e. The molecule has 1 aromatic carbocycles. The molecule has 1 fully saturated rings. The lowest BCUT2D eigenvalue weighted by molar-refractivity contribution is 0.0697. The van der Waals surface area contributed by atoms with Crippen LogP contribution in [-0.4, -0.2) is 29.1 Å². The molecule has 0 aromatic heterocycles. The van der Waals surface area contributed by atoms with Crippen LogP contribution in [0.3, 0.4) is 0 Å². The lowest BCUT2D eigenvalue weighted by atomic mass is 9.95. The molecule has 2 rings (SSSR count). The summed E-state index contributed by atoms with van der Waals surface area (Å²) in [5, 5.41) is 9.46. The first-order chi connectivity index (χ1) is 8.97. The molecule has 0 amide bonds. The fourth-order valence-electron chi connectivity index (χ4n) is 2.60. The Hall–Kier alpha value is -1.06. The Kier molecular flexibility index (Phi) is 4.48. The summed E-state index contributed by atoms with van der Waals surface area (Å²) in [5.41, 5.74) is 1.26. The van der Waals surface area contributed by atoms with Crippen molar-refractivity contribution in [3.8, 4) is 0 Å². The topological polar surface area (TPSA) is 40.5 Å². The zero-order valence-electron chi connectivity index (χ0n) is 11.4. The largest absolute Gasteiger partial charge is 0.478 e. The molecule has 0 bridgehead atoms. The average molecular weight is 282 g/mol. The van der Waals surface area contributed by atoms with E-state index in [1.54, 1.807) is 6.07 Å². The van der Waals surface area contributed by atoms with Crippen molar-refractivity contribution in [2.45, 2.75) is 26.8 Å². The lowest BCUT2D eigenvalue weighted by Gasteiger charge is -2.18. The summed E-state index contributed by atoms with van der Waals surface area (Å²) in [6.45, 7) is 7.54. The molecule has 0 spiro atoms. The van der Waals surface area contributed by atoms with Gasteiger partial charge in [0.1, 0.15) is 0 Å². The summed E-state index contributed by atoms with van der Waals surface area (Å²) in [6, 6.07) is 4.99. The molecule has 104 valence electrons. The molecule has 1 aliphatic heterocycles. The van der Waals surface area contributed by atoms with Gasteiger partial charge < -0.3 is 5.11 Å². The van der Waals surface area contributed by atoms with Crippen LogP contribution >= 0.6 is 11.6 Å². The van der Waals surface area contributed by atoms with Gasteiger partial charge in [-0.25, -0.2) is 4.79 Å². The SMILES string of the molecule is CC(C)C1CCN(Cc2ccc(C(=O)O)cc2Cl)C1. The maximum atomic E-state index is 10.9. The number of benzene rings is 1. The molecule has 1 heterocycles. The molecule has 1 N–H and O–H groups in total. The predicted molar refractivity (Wildman–Crippen MR) is 76.6 cm³/mol. The maximum Gasteiger partial charge on any atom is 0.335 e. The molecule has 1 aliphatic rings. The Labute approximate surface area is 119 Å². The number of carboxylic acids is 1. The first-order valence-corrected chi connectivity index (χ1v) is 7.09. The van der Waals surface area contributed by atoms with E-state index in [0.29, 0.717) is 5.02 Å². The summed E-state index contributed by atoms with van der Waals surface area (Å²) >= 11 is 6.16. The minimum atomic E-state index is -0.936. The van der Waals surface area contributed by atoms with Crippen LogP contribution < -0.4 is 0 Å². The van der Waals surface area contributed by atoms with E-state index in [0.717, 1.165) is 37.0 Å². The lowest BCUT2D eigenvalue weighted by Crippen LogP contribution is -2.21. The van der Waals surface area contributed by atoms with Gasteiger partial charge in [0, 0.05) is 18.1 Å². The summed E-state index contributed by atoms with van der Waals surface area (Å²) in [5.74, 6) is 0.543. The van der Waals surface area contributed by atoms with Crippen LogP contribution in [0.1, 0.15) is 36.2 Å². The van der Waals surface area contributed by atoms with E-state index >= 15 is 0 Å². The molecular formula is C15H20ClNO2. The Bertz CT molecular complexity index is 473. The molecule has 19 heavy (non-hydrogen) atoms. The fourth-order valence-corrected chi connectivity index (χ4v) is 2.84. The van der Waals surface area contributed by atoms with Crippen molar-refractivity contribution in [3.63, 3.8) is 0 Å². The van der Waals surface area contributed by atoms with E-state index in [1.165, 1.54) is 12.5 Å². The van der Waals surface area contributed by atoms with E-state index in [2.05, 4.69) is 18.7 Å². The first-order valence-electron chi connectivity index (χ1n) is 6.71. The molecule has 1 saturated heterocycles. The number of aromatic carboxylic acids is 1. The maximum absolute atomic E-state index is 10.9. The zero-order valence-corrected chi connectivity index (χ0v) is 12.2. The monoisotopic (exact) mass is 281 g/mol. The highest BCUT2D eigenvalue weighted by Crippen LogP contribution is 2.27. The Morgan fingerprint density at radius 2 is 2.26 bits per heavy atom. The van der Waals surface area contributed by atoms with Crippen molar-refractivity contribution < 1.29 is 9.90 Å². The number of hydrogen-bond acceptors (Lipinski definition) is 2. The van der Waals surface area contributed by atoms with Crippen molar-refractivity contribution >= 4 is 17.6 Å². The molecule has 0 saturated carbocycles. The number of hydrogen-bond donors (Lipinski definition) is 1. The van der Waals surface area contributed by atoms with Gasteiger partial charge in [-0.2, -0.15) is 0 Å². The van der Waals surface area contributed by atoms with Crippen LogP contribution in [0.2, 0.25) is 5.02 Å². The zero-order chi connectivity index (χ0) is 14.0. The van der Waals surface area contributed by atoms with Crippen LogP contribution in [0.25, 0.3) is 0 Å². The van der Waals surface area contributed by atoms with Gasteiger partial charge in [0.25, 0.3) is 0 Å². The molecule has 3 nitrogen and oxygen atoms in total. The molecule has 1 atom stereocenters. The Morgan fingerprint density at radius 1 is 1.53 bits per heavy atom. The summed E-state index contributed by atoms with van der Waals surface area (Å²) < 4.78 is 0. The standard InChI is InChI=1S/C15H20ClNO2/c1-10(2)12-5-6-17(8-12)9-13-4-3-11(15(18)19)7-14(13)16/h3-4,7,10,12H,5-6,8-9H2,1-2H3,(H,18,19). The number of carbonyl (C=O) groups is 1. The highest BCUT2D eigenvalue weighted by Gasteiger charge is 2.25. The van der Waals surface area contributed by atoms with Gasteiger partial charge in [0.2, 0.25) is 0 Å². The van der Waals surface area contributed by atoms with E-state index < -0.39 is 5.97 Å². The average Bonchev–Trinajstić information content (AvgIpc) is 2.80. The van der Waals surface area contributed by atoms with Crippen LogP contribution in [0.4, 0.5) is 0 Å². The Balaban J connectivity index is 2.02. The minimum absolute atomic E-state index is 0.246. The van der Waals surface area contributed by atoms with Crippen LogP contribution in [0.15, 0.2) is 18.2 Å². The van der Waals surface area contributed by atoms with Crippen molar-refractivity contribution in [2.75, 3.05) is 13.1 Å².